The summed E-state index contributed by atoms with van der Waals surface area (Å²) in [6.07, 6.45) is 0. The van der Waals surface area contributed by atoms with Gasteiger partial charge >= 0.3 is 0 Å². The van der Waals surface area contributed by atoms with Crippen LogP contribution in [0.3, 0.4) is 0 Å². The highest BCUT2D eigenvalue weighted by atomic mass is 16.6. The summed E-state index contributed by atoms with van der Waals surface area (Å²) < 4.78 is 11.2. The first kappa shape index (κ1) is 13.7. The Hall–Kier alpha value is -1.75. The number of hydrogen-bond acceptors (Lipinski definition) is 4. The smallest absolute Gasteiger partial charge is 0.236 e. The van der Waals surface area contributed by atoms with E-state index < -0.39 is 0 Å². The third-order valence-corrected chi connectivity index (χ3v) is 2.99. The number of ether oxygens (including phenoxy) is 2. The van der Waals surface area contributed by atoms with E-state index in [0.29, 0.717) is 26.3 Å². The molecule has 1 unspecified atom stereocenters. The van der Waals surface area contributed by atoms with Crippen molar-refractivity contribution in [2.45, 2.75) is 26.4 Å². The summed E-state index contributed by atoms with van der Waals surface area (Å²) in [5.41, 5.74) is 1.01. The Bertz CT molecular complexity index is 448. The van der Waals surface area contributed by atoms with E-state index in [-0.39, 0.29) is 11.9 Å². The van der Waals surface area contributed by atoms with Crippen LogP contribution in [0.4, 0.5) is 0 Å². The summed E-state index contributed by atoms with van der Waals surface area (Å²) in [5, 5.41) is 5.97. The van der Waals surface area contributed by atoms with Gasteiger partial charge in [0.15, 0.2) is 11.5 Å². The summed E-state index contributed by atoms with van der Waals surface area (Å²) in [4.78, 5) is 11.6. The van der Waals surface area contributed by atoms with E-state index in [1.807, 2.05) is 32.0 Å². The van der Waals surface area contributed by atoms with Crippen LogP contribution in [0.15, 0.2) is 18.2 Å². The third-order valence-electron chi connectivity index (χ3n) is 2.99. The number of carbonyl (C=O) groups excluding carboxylic acids is 1. The Morgan fingerprint density at radius 3 is 2.95 bits per heavy atom. The van der Waals surface area contributed by atoms with Crippen molar-refractivity contribution < 1.29 is 14.3 Å². The first-order chi connectivity index (χ1) is 9.22. The van der Waals surface area contributed by atoms with Crippen molar-refractivity contribution in [1.82, 2.24) is 10.6 Å². The number of amides is 1. The van der Waals surface area contributed by atoms with Crippen LogP contribution in [-0.4, -0.2) is 31.7 Å². The molecule has 1 aliphatic rings. The SMILES string of the molecule is CCNC(=O)C(C)NCc1cccc2c1OCCO2. The lowest BCUT2D eigenvalue weighted by molar-refractivity contribution is -0.122. The quantitative estimate of drug-likeness (QED) is 0.835. The zero-order valence-corrected chi connectivity index (χ0v) is 11.4. The fourth-order valence-corrected chi connectivity index (χ4v) is 1.96. The van der Waals surface area contributed by atoms with Crippen molar-refractivity contribution in [1.29, 1.82) is 0 Å². The molecule has 2 N–H and O–H groups in total. The molecule has 2 rings (SSSR count). The van der Waals surface area contributed by atoms with Gasteiger partial charge in [0, 0.05) is 18.7 Å². The van der Waals surface area contributed by atoms with Crippen LogP contribution in [0.25, 0.3) is 0 Å². The molecule has 104 valence electrons. The molecule has 0 bridgehead atoms. The van der Waals surface area contributed by atoms with Crippen molar-refractivity contribution >= 4 is 5.91 Å². The number of rotatable bonds is 5. The predicted molar refractivity (Wildman–Crippen MR) is 72.4 cm³/mol. The van der Waals surface area contributed by atoms with Gasteiger partial charge in [0.05, 0.1) is 6.04 Å². The standard InChI is InChI=1S/C14H20N2O3/c1-3-15-14(17)10(2)16-9-11-5-4-6-12-13(11)19-8-7-18-12/h4-6,10,16H,3,7-9H2,1-2H3,(H,15,17). The van der Waals surface area contributed by atoms with Crippen LogP contribution in [0, 0.1) is 0 Å². The largest absolute Gasteiger partial charge is 0.486 e. The van der Waals surface area contributed by atoms with Gasteiger partial charge in [-0.1, -0.05) is 12.1 Å². The molecule has 1 atom stereocenters. The molecule has 0 aliphatic carbocycles. The minimum Gasteiger partial charge on any atom is -0.486 e. The van der Waals surface area contributed by atoms with Crippen LogP contribution in [0.5, 0.6) is 11.5 Å². The van der Waals surface area contributed by atoms with Gasteiger partial charge in [0.25, 0.3) is 0 Å². The number of benzene rings is 1. The van der Waals surface area contributed by atoms with Crippen molar-refractivity contribution in [3.63, 3.8) is 0 Å². The number of nitrogens with one attached hydrogen (secondary N) is 2. The number of likely N-dealkylation sites (N-methyl/N-ethyl adjacent to an activating group) is 1. The molecular formula is C14H20N2O3. The molecular weight excluding hydrogens is 244 g/mol. The van der Waals surface area contributed by atoms with Gasteiger partial charge in [-0.15, -0.1) is 0 Å². The highest BCUT2D eigenvalue weighted by Crippen LogP contribution is 2.33. The van der Waals surface area contributed by atoms with Crippen LogP contribution in [0.1, 0.15) is 19.4 Å². The summed E-state index contributed by atoms with van der Waals surface area (Å²) in [5.74, 6) is 1.56. The second-order valence-corrected chi connectivity index (χ2v) is 4.44. The fraction of sp³-hybridized carbons (Fsp3) is 0.500. The van der Waals surface area contributed by atoms with Gasteiger partial charge in [-0.05, 0) is 19.9 Å². The molecule has 19 heavy (non-hydrogen) atoms. The van der Waals surface area contributed by atoms with E-state index in [0.717, 1.165) is 17.1 Å². The second-order valence-electron chi connectivity index (χ2n) is 4.44. The Kier molecular flexibility index (Phi) is 4.63. The Balaban J connectivity index is 1.98. The number of carbonyl (C=O) groups is 1. The zero-order chi connectivity index (χ0) is 13.7. The van der Waals surface area contributed by atoms with Crippen LogP contribution >= 0.6 is 0 Å². The van der Waals surface area contributed by atoms with E-state index in [1.54, 1.807) is 0 Å². The molecule has 1 aromatic rings. The number of para-hydroxylation sites is 1. The normalized spacial score (nSPS) is 14.8. The first-order valence-electron chi connectivity index (χ1n) is 6.61. The second kappa shape index (κ2) is 6.43. The molecule has 1 aromatic carbocycles. The Morgan fingerprint density at radius 1 is 1.37 bits per heavy atom. The molecule has 5 heteroatoms. The van der Waals surface area contributed by atoms with E-state index >= 15 is 0 Å². The molecule has 1 amide bonds. The maximum atomic E-state index is 11.6. The van der Waals surface area contributed by atoms with Gasteiger partial charge in [-0.3, -0.25) is 4.79 Å². The molecule has 5 nitrogen and oxygen atoms in total. The highest BCUT2D eigenvalue weighted by molar-refractivity contribution is 5.81. The molecule has 1 heterocycles. The lowest BCUT2D eigenvalue weighted by Gasteiger charge is -2.22. The number of fused-ring (bicyclic) bond motifs is 1. The minimum absolute atomic E-state index is 0.00414. The topological polar surface area (TPSA) is 59.6 Å². The average Bonchev–Trinajstić information content (AvgIpc) is 2.45. The maximum Gasteiger partial charge on any atom is 0.236 e. The average molecular weight is 264 g/mol. The van der Waals surface area contributed by atoms with Crippen molar-refractivity contribution in [3.8, 4) is 11.5 Å². The van der Waals surface area contributed by atoms with E-state index in [1.165, 1.54) is 0 Å². The summed E-state index contributed by atoms with van der Waals surface area (Å²) in [6.45, 7) is 6.11. The summed E-state index contributed by atoms with van der Waals surface area (Å²) >= 11 is 0. The van der Waals surface area contributed by atoms with E-state index in [9.17, 15) is 4.79 Å². The summed E-state index contributed by atoms with van der Waals surface area (Å²) in [7, 11) is 0. The highest BCUT2D eigenvalue weighted by Gasteiger charge is 2.17. The molecule has 0 spiro atoms. The molecule has 0 fully saturated rings. The Labute approximate surface area is 113 Å². The molecule has 0 saturated heterocycles. The lowest BCUT2D eigenvalue weighted by Crippen LogP contribution is -2.41. The van der Waals surface area contributed by atoms with Crippen molar-refractivity contribution in [2.75, 3.05) is 19.8 Å². The molecule has 1 aliphatic heterocycles. The predicted octanol–water partition coefficient (Wildman–Crippen LogP) is 1.07. The van der Waals surface area contributed by atoms with Gasteiger partial charge in [-0.25, -0.2) is 0 Å². The molecule has 0 saturated carbocycles. The van der Waals surface area contributed by atoms with E-state index in [4.69, 9.17) is 9.47 Å². The monoisotopic (exact) mass is 264 g/mol. The Morgan fingerprint density at radius 2 is 2.16 bits per heavy atom. The van der Waals surface area contributed by atoms with Crippen LogP contribution < -0.4 is 20.1 Å². The van der Waals surface area contributed by atoms with Gasteiger partial charge in [-0.2, -0.15) is 0 Å². The van der Waals surface area contributed by atoms with Crippen LogP contribution in [-0.2, 0) is 11.3 Å². The number of hydrogen-bond donors (Lipinski definition) is 2. The minimum atomic E-state index is -0.236. The fourth-order valence-electron chi connectivity index (χ4n) is 1.96. The van der Waals surface area contributed by atoms with Crippen molar-refractivity contribution in [2.24, 2.45) is 0 Å². The van der Waals surface area contributed by atoms with Gasteiger partial charge in [0.2, 0.25) is 5.91 Å². The van der Waals surface area contributed by atoms with Gasteiger partial charge in [0.1, 0.15) is 13.2 Å². The first-order valence-corrected chi connectivity index (χ1v) is 6.61. The van der Waals surface area contributed by atoms with Crippen molar-refractivity contribution in [3.05, 3.63) is 23.8 Å². The third kappa shape index (κ3) is 3.38. The molecule has 0 aromatic heterocycles. The van der Waals surface area contributed by atoms with E-state index in [2.05, 4.69) is 10.6 Å². The van der Waals surface area contributed by atoms with Crippen LogP contribution in [0.2, 0.25) is 0 Å². The van der Waals surface area contributed by atoms with Gasteiger partial charge < -0.3 is 20.1 Å². The lowest BCUT2D eigenvalue weighted by atomic mass is 10.1. The zero-order valence-electron chi connectivity index (χ0n) is 11.4. The maximum absolute atomic E-state index is 11.6. The molecule has 0 radical (unpaired) electrons. The summed E-state index contributed by atoms with van der Waals surface area (Å²) in [6, 6.07) is 5.57.